The maximum absolute atomic E-state index is 13.9. The van der Waals surface area contributed by atoms with Crippen molar-refractivity contribution < 1.29 is 57.5 Å². The van der Waals surface area contributed by atoms with Gasteiger partial charge in [-0.15, -0.1) is 0 Å². The topological polar surface area (TPSA) is 219 Å². The van der Waals surface area contributed by atoms with Gasteiger partial charge >= 0.3 is 12.0 Å². The largest absolute Gasteiger partial charge is 0.487 e. The number of Topliss-reactive ketones (excluding diaryl/α,β-unsaturated/α-hetero) is 2. The summed E-state index contributed by atoms with van der Waals surface area (Å²) in [7, 11) is 2.91. The van der Waals surface area contributed by atoms with Gasteiger partial charge in [0.15, 0.2) is 11.4 Å². The molecule has 372 valence electrons. The third-order valence-corrected chi connectivity index (χ3v) is 15.2. The Morgan fingerprint density at radius 2 is 1.55 bits per heavy atom. The van der Waals surface area contributed by atoms with E-state index in [2.05, 4.69) is 10.6 Å². The van der Waals surface area contributed by atoms with Crippen LogP contribution in [0, 0.1) is 35.5 Å². The van der Waals surface area contributed by atoms with Crippen LogP contribution >= 0.6 is 11.6 Å². The number of unbranched alkanes of at least 4 members (excludes halogenated alkanes) is 2. The predicted octanol–water partition coefficient (Wildman–Crippen LogP) is 6.82. The van der Waals surface area contributed by atoms with Crippen LogP contribution in [0.2, 0.25) is 5.02 Å². The minimum Gasteiger partial charge on any atom is -0.487 e. The molecule has 2 aromatic carbocycles. The summed E-state index contributed by atoms with van der Waals surface area (Å²) >= 11 is 7.31. The zero-order valence-electron chi connectivity index (χ0n) is 39.9. The molecule has 4 N–H and O–H groups in total. The maximum atomic E-state index is 13.9. The van der Waals surface area contributed by atoms with Gasteiger partial charge in [-0.3, -0.25) is 28.9 Å². The van der Waals surface area contributed by atoms with Crippen LogP contribution in [0.4, 0.5) is 4.79 Å². The number of benzene rings is 2. The molecule has 17 heteroatoms. The maximum Gasteiger partial charge on any atom is 0.330 e. The van der Waals surface area contributed by atoms with Crippen molar-refractivity contribution in [2.75, 3.05) is 27.3 Å². The highest BCUT2D eigenvalue weighted by atomic mass is 35.5. The lowest BCUT2D eigenvalue weighted by molar-refractivity contribution is -0.645. The van der Waals surface area contributed by atoms with Gasteiger partial charge in [0.1, 0.15) is 18.1 Å². The fourth-order valence-electron chi connectivity index (χ4n) is 11.4. The van der Waals surface area contributed by atoms with E-state index < -0.39 is 41.3 Å². The van der Waals surface area contributed by atoms with Crippen molar-refractivity contribution in [1.29, 1.82) is 0 Å². The second-order valence-corrected chi connectivity index (χ2v) is 20.0. The molecule has 2 aromatic rings. The van der Waals surface area contributed by atoms with Crippen LogP contribution in [-0.4, -0.2) is 85.1 Å². The third-order valence-electron chi connectivity index (χ3n) is 14.8. The Morgan fingerprint density at radius 1 is 0.884 bits per heavy atom. The number of hydrogen-bond donors (Lipinski definition) is 3. The number of amides is 5. The highest BCUT2D eigenvalue weighted by Gasteiger charge is 2.77. The van der Waals surface area contributed by atoms with Crippen LogP contribution in [0.3, 0.4) is 0 Å². The van der Waals surface area contributed by atoms with E-state index in [1.54, 1.807) is 13.2 Å². The molecule has 6 aliphatic rings. The van der Waals surface area contributed by atoms with Gasteiger partial charge < -0.3 is 30.6 Å². The van der Waals surface area contributed by atoms with Gasteiger partial charge in [-0.05, 0) is 105 Å². The van der Waals surface area contributed by atoms with Crippen molar-refractivity contribution in [2.45, 2.75) is 121 Å². The van der Waals surface area contributed by atoms with Crippen molar-refractivity contribution in [3.63, 3.8) is 0 Å². The van der Waals surface area contributed by atoms with E-state index in [4.69, 9.17) is 41.3 Å². The zero-order chi connectivity index (χ0) is 49.5. The number of halogens is 1. The Kier molecular flexibility index (Phi) is 16.8. The van der Waals surface area contributed by atoms with Gasteiger partial charge in [0.05, 0.1) is 18.2 Å². The second-order valence-electron chi connectivity index (χ2n) is 19.6. The number of primary amides is 1. The summed E-state index contributed by atoms with van der Waals surface area (Å²) in [6.07, 6.45) is 13.4. The number of hydrogen-bond acceptors (Lipinski definition) is 12. The summed E-state index contributed by atoms with van der Waals surface area (Å²) in [5.41, 5.74) is 7.14. The highest BCUT2D eigenvalue weighted by molar-refractivity contribution is 6.33. The molecule has 4 aliphatic carbocycles. The van der Waals surface area contributed by atoms with Gasteiger partial charge in [-0.1, -0.05) is 68.3 Å². The molecule has 2 heterocycles. The molecular formula is C52H65ClN4O12. The van der Waals surface area contributed by atoms with Gasteiger partial charge in [0.2, 0.25) is 5.91 Å². The molecule has 8 rings (SSSR count). The number of nitrogens with one attached hydrogen (secondary N) is 2. The van der Waals surface area contributed by atoms with E-state index in [0.717, 1.165) is 31.2 Å². The first kappa shape index (κ1) is 51.4. The molecule has 4 bridgehead atoms. The van der Waals surface area contributed by atoms with E-state index in [1.807, 2.05) is 50.2 Å². The van der Waals surface area contributed by atoms with Gasteiger partial charge in [0, 0.05) is 74.7 Å². The lowest BCUT2D eigenvalue weighted by Crippen LogP contribution is -2.76. The minimum atomic E-state index is -1.26. The Balaban J connectivity index is 0.996. The van der Waals surface area contributed by atoms with E-state index in [-0.39, 0.29) is 91.5 Å². The number of imide groups is 1. The lowest BCUT2D eigenvalue weighted by atomic mass is 9.47. The minimum absolute atomic E-state index is 0.000670. The van der Waals surface area contributed by atoms with E-state index in [1.165, 1.54) is 36.7 Å². The molecule has 3 atom stereocenters. The normalized spacial score (nSPS) is 25.3. The monoisotopic (exact) mass is 972 g/mol. The fraction of sp³-hybridized carbons (Fsp3) is 0.558. The molecule has 0 radical (unpaired) electrons. The number of nitrogens with two attached hydrogens (primary N) is 1. The first-order valence-electron chi connectivity index (χ1n) is 24.2. The number of urea groups is 1. The van der Waals surface area contributed by atoms with Crippen molar-refractivity contribution in [1.82, 2.24) is 15.5 Å². The summed E-state index contributed by atoms with van der Waals surface area (Å²) in [5, 5.41) is 5.71. The molecule has 4 saturated carbocycles. The summed E-state index contributed by atoms with van der Waals surface area (Å²) in [6.45, 7) is 4.27. The SMILES string of the molecule is COC(=O)/C=C/c1ccc(C2(OC)OOC23C2CC4CC(C2)CC3C4)c(Cl)c1OCc1ccc(CC(=O)[C@@H](CCCNC(N)=O)NC(=O)[C@@H](CC(=O)CCCCCN2C(=O)C=CC2=O)C(C)C)cc1. The predicted molar refractivity (Wildman–Crippen MR) is 254 cm³/mol. The first-order chi connectivity index (χ1) is 33.1. The number of ether oxygens (including phenoxy) is 3. The van der Waals surface area contributed by atoms with Crippen molar-refractivity contribution in [2.24, 2.45) is 41.2 Å². The van der Waals surface area contributed by atoms with Crippen LogP contribution < -0.4 is 21.1 Å². The quantitative estimate of drug-likeness (QED) is 0.0307. The molecule has 69 heavy (non-hydrogen) atoms. The molecular weight excluding hydrogens is 908 g/mol. The Labute approximate surface area is 408 Å². The number of ketones is 2. The smallest absolute Gasteiger partial charge is 0.330 e. The number of carbonyl (C=O) groups excluding carboxylic acids is 7. The van der Waals surface area contributed by atoms with E-state index >= 15 is 0 Å². The number of carbonyl (C=O) groups is 7. The Hall–Kier alpha value is -5.42. The molecule has 1 saturated heterocycles. The second kappa shape index (κ2) is 22.6. The van der Waals surface area contributed by atoms with Crippen LogP contribution in [0.25, 0.3) is 6.08 Å². The number of methoxy groups -OCH3 is 2. The number of nitrogens with zero attached hydrogens (tertiary/aromatic N) is 1. The van der Waals surface area contributed by atoms with E-state index in [0.29, 0.717) is 60.0 Å². The Morgan fingerprint density at radius 3 is 2.14 bits per heavy atom. The fourth-order valence-corrected chi connectivity index (χ4v) is 11.8. The summed E-state index contributed by atoms with van der Waals surface area (Å²) in [6, 6.07) is 9.34. The van der Waals surface area contributed by atoms with Gasteiger partial charge in [-0.2, -0.15) is 4.89 Å². The van der Waals surface area contributed by atoms with Crippen LogP contribution in [0.5, 0.6) is 5.75 Å². The van der Waals surface area contributed by atoms with Crippen LogP contribution in [0.1, 0.15) is 113 Å². The number of esters is 1. The molecule has 16 nitrogen and oxygen atoms in total. The van der Waals surface area contributed by atoms with Gasteiger partial charge in [0.25, 0.3) is 17.6 Å². The lowest BCUT2D eigenvalue weighted by Gasteiger charge is -2.68. The molecule has 1 unspecified atom stereocenters. The van der Waals surface area contributed by atoms with Crippen LogP contribution in [-0.2, 0) is 66.8 Å². The summed E-state index contributed by atoms with van der Waals surface area (Å²) < 4.78 is 17.6. The standard InChI is InChI=1S/C52H65ClN4O12/c1-31(2)40(29-39(58)9-6-5-7-22-57-44(60)18-19-45(57)61)49(63)56-42(10-8-21-55-50(54)64)43(59)28-32-11-13-33(14-12-32)30-67-48-36(16-20-46(62)65-3)15-17-41(47(48)53)52(66-4)51(68-69-52)37-24-34-23-35(26-37)27-38(51)25-34/h11-20,31,34-35,37-38,40,42H,5-10,21-30H2,1-4H3,(H,56,63)(H3,54,55,64)/b20-16+/t34?,35?,37?,38?,40-,42+,51?,52?/m0/s1. The number of rotatable bonds is 25. The average molecular weight is 974 g/mol. The summed E-state index contributed by atoms with van der Waals surface area (Å²) in [5.74, 6) is -1.93. The molecule has 1 spiro atoms. The first-order valence-corrected chi connectivity index (χ1v) is 24.6. The Bertz CT molecular complexity index is 2280. The molecule has 5 amide bonds. The highest BCUT2D eigenvalue weighted by Crippen LogP contribution is 2.70. The molecule has 5 fully saturated rings. The van der Waals surface area contributed by atoms with E-state index in [9.17, 15) is 33.6 Å². The molecule has 0 aromatic heterocycles. The van der Waals surface area contributed by atoms with Crippen LogP contribution in [0.15, 0.2) is 54.6 Å². The molecule has 2 aliphatic heterocycles. The van der Waals surface area contributed by atoms with Crippen molar-refractivity contribution in [3.8, 4) is 5.75 Å². The van der Waals surface area contributed by atoms with Crippen molar-refractivity contribution in [3.05, 3.63) is 81.9 Å². The third kappa shape index (κ3) is 11.3. The van der Waals surface area contributed by atoms with Crippen molar-refractivity contribution >= 4 is 59.0 Å². The average Bonchev–Trinajstić information content (AvgIpc) is 3.63. The summed E-state index contributed by atoms with van der Waals surface area (Å²) in [4.78, 5) is 101. The van der Waals surface area contributed by atoms with Gasteiger partial charge in [-0.25, -0.2) is 14.5 Å². The zero-order valence-corrected chi connectivity index (χ0v) is 40.7.